The van der Waals surface area contributed by atoms with Crippen LogP contribution in [-0.2, 0) is 27.3 Å². The van der Waals surface area contributed by atoms with E-state index in [1.807, 2.05) is 30.3 Å². The van der Waals surface area contributed by atoms with Crippen LogP contribution < -0.4 is 10.6 Å². The zero-order chi connectivity index (χ0) is 18.9. The van der Waals surface area contributed by atoms with Gasteiger partial charge in [0.2, 0.25) is 11.8 Å². The average molecular weight is 354 g/mol. The highest BCUT2D eigenvalue weighted by atomic mass is 16.4. The summed E-state index contributed by atoms with van der Waals surface area (Å²) in [5.74, 6) is -2.23. The van der Waals surface area contributed by atoms with Crippen LogP contribution in [0.1, 0.15) is 24.5 Å². The maximum atomic E-state index is 12.2. The Labute approximate surface area is 152 Å². The Hall–Kier alpha value is -3.15. The van der Waals surface area contributed by atoms with E-state index in [-0.39, 0.29) is 18.2 Å². The minimum atomic E-state index is -0.991. The van der Waals surface area contributed by atoms with Crippen molar-refractivity contribution in [2.45, 2.75) is 26.3 Å². The molecule has 0 aliphatic heterocycles. The topological polar surface area (TPSA) is 95.5 Å². The highest BCUT2D eigenvalue weighted by molar-refractivity contribution is 5.93. The van der Waals surface area contributed by atoms with Crippen molar-refractivity contribution in [3.05, 3.63) is 65.7 Å². The Morgan fingerprint density at radius 2 is 1.62 bits per heavy atom. The quantitative estimate of drug-likeness (QED) is 0.679. The molecule has 0 radical (unpaired) electrons. The Morgan fingerprint density at radius 3 is 2.19 bits per heavy atom. The van der Waals surface area contributed by atoms with Gasteiger partial charge in [0.1, 0.15) is 0 Å². The molecule has 6 heteroatoms. The second-order valence-corrected chi connectivity index (χ2v) is 6.08. The van der Waals surface area contributed by atoms with Gasteiger partial charge in [-0.2, -0.15) is 0 Å². The molecule has 0 saturated heterocycles. The van der Waals surface area contributed by atoms with Gasteiger partial charge >= 0.3 is 5.97 Å². The van der Waals surface area contributed by atoms with Crippen LogP contribution in [0.15, 0.2) is 54.6 Å². The lowest BCUT2D eigenvalue weighted by Crippen LogP contribution is -2.24. The van der Waals surface area contributed by atoms with E-state index >= 15 is 0 Å². The van der Waals surface area contributed by atoms with Gasteiger partial charge in [-0.15, -0.1) is 0 Å². The van der Waals surface area contributed by atoms with Crippen LogP contribution in [0, 0.1) is 5.92 Å². The monoisotopic (exact) mass is 354 g/mol. The Morgan fingerprint density at radius 1 is 0.962 bits per heavy atom. The molecule has 0 spiro atoms. The van der Waals surface area contributed by atoms with Crippen molar-refractivity contribution in [3.8, 4) is 0 Å². The molecule has 1 atom stereocenters. The molecule has 2 aromatic carbocycles. The second kappa shape index (κ2) is 9.36. The predicted octanol–water partition coefficient (Wildman–Crippen LogP) is 2.59. The number of hydrogen-bond donors (Lipinski definition) is 3. The molecule has 0 aliphatic rings. The minimum Gasteiger partial charge on any atom is -0.481 e. The van der Waals surface area contributed by atoms with E-state index in [1.165, 1.54) is 6.92 Å². The lowest BCUT2D eigenvalue weighted by molar-refractivity contribution is -0.143. The SMILES string of the molecule is CC(=O)NCc1ccc(NC(=O)CC(Cc2ccccc2)C(=O)O)cc1. The van der Waals surface area contributed by atoms with Crippen molar-refractivity contribution in [2.24, 2.45) is 5.92 Å². The number of nitrogens with one attached hydrogen (secondary N) is 2. The van der Waals surface area contributed by atoms with Gasteiger partial charge in [0.15, 0.2) is 0 Å². The summed E-state index contributed by atoms with van der Waals surface area (Å²) in [5.41, 5.74) is 2.38. The lowest BCUT2D eigenvalue weighted by Gasteiger charge is -2.13. The van der Waals surface area contributed by atoms with Crippen molar-refractivity contribution in [1.29, 1.82) is 0 Å². The Balaban J connectivity index is 1.91. The maximum Gasteiger partial charge on any atom is 0.307 e. The van der Waals surface area contributed by atoms with Crippen LogP contribution in [0.5, 0.6) is 0 Å². The first-order valence-electron chi connectivity index (χ1n) is 8.34. The summed E-state index contributed by atoms with van der Waals surface area (Å²) in [4.78, 5) is 34.5. The Bertz CT molecular complexity index is 757. The molecular formula is C20H22N2O4. The molecule has 3 N–H and O–H groups in total. The van der Waals surface area contributed by atoms with Gasteiger partial charge in [-0.1, -0.05) is 42.5 Å². The number of amides is 2. The number of anilines is 1. The second-order valence-electron chi connectivity index (χ2n) is 6.08. The number of carbonyl (C=O) groups excluding carboxylic acids is 2. The molecule has 0 aliphatic carbocycles. The fraction of sp³-hybridized carbons (Fsp3) is 0.250. The van der Waals surface area contributed by atoms with Gasteiger partial charge in [-0.3, -0.25) is 14.4 Å². The first kappa shape index (κ1) is 19.2. The molecular weight excluding hydrogens is 332 g/mol. The zero-order valence-electron chi connectivity index (χ0n) is 14.6. The van der Waals surface area contributed by atoms with Crippen molar-refractivity contribution in [2.75, 3.05) is 5.32 Å². The summed E-state index contributed by atoms with van der Waals surface area (Å²) >= 11 is 0. The molecule has 0 aromatic heterocycles. The molecule has 136 valence electrons. The molecule has 26 heavy (non-hydrogen) atoms. The molecule has 1 unspecified atom stereocenters. The van der Waals surface area contributed by atoms with Crippen LogP contribution in [0.4, 0.5) is 5.69 Å². The van der Waals surface area contributed by atoms with E-state index in [1.54, 1.807) is 24.3 Å². The van der Waals surface area contributed by atoms with Gasteiger partial charge < -0.3 is 15.7 Å². The van der Waals surface area contributed by atoms with Crippen molar-refractivity contribution in [1.82, 2.24) is 5.32 Å². The highest BCUT2D eigenvalue weighted by Crippen LogP contribution is 2.15. The fourth-order valence-corrected chi connectivity index (χ4v) is 2.51. The van der Waals surface area contributed by atoms with Crippen molar-refractivity contribution in [3.63, 3.8) is 0 Å². The van der Waals surface area contributed by atoms with Crippen molar-refractivity contribution >= 4 is 23.5 Å². The fourth-order valence-electron chi connectivity index (χ4n) is 2.51. The maximum absolute atomic E-state index is 12.2. The minimum absolute atomic E-state index is 0.0993. The summed E-state index contributed by atoms with van der Waals surface area (Å²) in [7, 11) is 0. The first-order valence-corrected chi connectivity index (χ1v) is 8.34. The average Bonchev–Trinajstić information content (AvgIpc) is 2.61. The first-order chi connectivity index (χ1) is 12.4. The summed E-state index contributed by atoms with van der Waals surface area (Å²) in [6.07, 6.45) is 0.205. The number of carboxylic acids is 1. The summed E-state index contributed by atoms with van der Waals surface area (Å²) in [6, 6.07) is 16.3. The molecule has 2 aromatic rings. The van der Waals surface area contributed by atoms with Gasteiger partial charge in [0, 0.05) is 25.6 Å². The summed E-state index contributed by atoms with van der Waals surface area (Å²) in [5, 5.41) is 14.8. The zero-order valence-corrected chi connectivity index (χ0v) is 14.6. The van der Waals surface area contributed by atoms with Gasteiger partial charge in [-0.25, -0.2) is 0 Å². The largest absolute Gasteiger partial charge is 0.481 e. The normalized spacial score (nSPS) is 11.4. The van der Waals surface area contributed by atoms with Gasteiger partial charge in [0.05, 0.1) is 5.92 Å². The number of aliphatic carboxylic acids is 1. The van der Waals surface area contributed by atoms with Crippen molar-refractivity contribution < 1.29 is 19.5 Å². The summed E-state index contributed by atoms with van der Waals surface area (Å²) in [6.45, 7) is 1.87. The number of hydrogen-bond acceptors (Lipinski definition) is 3. The molecule has 0 bridgehead atoms. The third-order valence-corrected chi connectivity index (χ3v) is 3.89. The van der Waals surface area contributed by atoms with Gasteiger partial charge in [-0.05, 0) is 29.7 Å². The molecule has 2 rings (SSSR count). The number of benzene rings is 2. The Kier molecular flexibility index (Phi) is 6.91. The number of carboxylic acid groups (broad SMARTS) is 1. The molecule has 0 heterocycles. The van der Waals surface area contributed by atoms with Crippen LogP contribution in [0.25, 0.3) is 0 Å². The van der Waals surface area contributed by atoms with E-state index in [9.17, 15) is 19.5 Å². The highest BCUT2D eigenvalue weighted by Gasteiger charge is 2.21. The van der Waals surface area contributed by atoms with E-state index in [0.717, 1.165) is 11.1 Å². The number of rotatable bonds is 8. The molecule has 0 saturated carbocycles. The van der Waals surface area contributed by atoms with Crippen LogP contribution in [0.3, 0.4) is 0 Å². The number of carbonyl (C=O) groups is 3. The predicted molar refractivity (Wildman–Crippen MR) is 98.5 cm³/mol. The van der Waals surface area contributed by atoms with E-state index in [2.05, 4.69) is 10.6 Å². The van der Waals surface area contributed by atoms with Crippen LogP contribution in [0.2, 0.25) is 0 Å². The smallest absolute Gasteiger partial charge is 0.307 e. The molecule has 2 amide bonds. The lowest BCUT2D eigenvalue weighted by atomic mass is 9.96. The van der Waals surface area contributed by atoms with E-state index in [4.69, 9.17) is 0 Å². The molecule has 0 fully saturated rings. The standard InChI is InChI=1S/C20H22N2O4/c1-14(23)21-13-16-7-9-18(10-8-16)22-19(24)12-17(20(25)26)11-15-5-3-2-4-6-15/h2-10,17H,11-13H2,1H3,(H,21,23)(H,22,24)(H,25,26). The van der Waals surface area contributed by atoms with E-state index in [0.29, 0.717) is 18.7 Å². The van der Waals surface area contributed by atoms with Crippen LogP contribution >= 0.6 is 0 Å². The third kappa shape index (κ3) is 6.39. The van der Waals surface area contributed by atoms with Gasteiger partial charge in [0.25, 0.3) is 0 Å². The summed E-state index contributed by atoms with van der Waals surface area (Å²) < 4.78 is 0. The van der Waals surface area contributed by atoms with E-state index < -0.39 is 11.9 Å². The third-order valence-electron chi connectivity index (χ3n) is 3.89. The van der Waals surface area contributed by atoms with Crippen LogP contribution in [-0.4, -0.2) is 22.9 Å². The molecule has 6 nitrogen and oxygen atoms in total.